The second kappa shape index (κ2) is 12.7. The maximum atomic E-state index is 14.3. The Bertz CT molecular complexity index is 1310. The number of aliphatic hydroxyl groups excluding tert-OH is 1. The highest BCUT2D eigenvalue weighted by Crippen LogP contribution is 2.44. The van der Waals surface area contributed by atoms with Gasteiger partial charge < -0.3 is 30.1 Å². The molecule has 1 aliphatic carbocycles. The molecule has 4 aliphatic rings. The minimum Gasteiger partial charge on any atom is -0.444 e. The Morgan fingerprint density at radius 3 is 2.70 bits per heavy atom. The Kier molecular flexibility index (Phi) is 9.20. The summed E-state index contributed by atoms with van der Waals surface area (Å²) in [4.78, 5) is 56.4. The van der Waals surface area contributed by atoms with Crippen molar-refractivity contribution in [2.45, 2.75) is 108 Å². The number of aliphatic hydroxyl groups is 1. The quantitative estimate of drug-likeness (QED) is 0.443. The van der Waals surface area contributed by atoms with Crippen LogP contribution >= 0.6 is 0 Å². The van der Waals surface area contributed by atoms with Crippen LogP contribution in [0.25, 0.3) is 0 Å². The standard InChI is InChI=1S/C32H43FN4O7/c1-31(2,3)44-29(41)34-25-13-8-6-4-5-7-11-21-15-32(21,19-38)35-27(39)26-14-22(17-37(26)28(25)40)43-30(42)36-16-20-10-9-12-24(33)23(20)18-36/h7,9-12,21-22,25-26,38H,4-6,8,13-19H2,1-3H3,(H,34,41)(H,35,39)/b11-7-/t21-,22-,25+,26+,32+/m1/s1. The molecule has 4 amide bonds. The molecular weight excluding hydrogens is 571 g/mol. The van der Waals surface area contributed by atoms with Crippen LogP contribution in [0.5, 0.6) is 0 Å². The SMILES string of the molecule is CC(C)(C)OC(=O)N[C@H]1CCCCC/C=C\[C@@H]2C[C@@]2(CO)NC(=O)[C@@H]2C[C@@H](OC(=O)N3Cc4cccc(F)c4C3)CN2C1=O. The lowest BCUT2D eigenvalue weighted by Gasteiger charge is -2.30. The molecule has 0 aromatic heterocycles. The molecule has 1 aromatic rings. The summed E-state index contributed by atoms with van der Waals surface area (Å²) < 4.78 is 25.5. The number of amides is 4. The van der Waals surface area contributed by atoms with Crippen LogP contribution in [-0.4, -0.2) is 81.4 Å². The Balaban J connectivity index is 1.35. The first-order chi connectivity index (χ1) is 20.9. The van der Waals surface area contributed by atoms with Gasteiger partial charge in [-0.05, 0) is 58.1 Å². The Morgan fingerprint density at radius 1 is 1.18 bits per heavy atom. The zero-order chi connectivity index (χ0) is 31.6. The summed E-state index contributed by atoms with van der Waals surface area (Å²) in [6.45, 7) is 5.15. The first kappa shape index (κ1) is 31.7. The molecule has 1 saturated heterocycles. The predicted molar refractivity (Wildman–Crippen MR) is 157 cm³/mol. The average molecular weight is 615 g/mol. The number of ether oxygens (including phenoxy) is 2. The number of nitrogens with zero attached hydrogens (tertiary/aromatic N) is 2. The summed E-state index contributed by atoms with van der Waals surface area (Å²) >= 11 is 0. The van der Waals surface area contributed by atoms with Crippen LogP contribution in [0.4, 0.5) is 14.0 Å². The van der Waals surface area contributed by atoms with Crippen molar-refractivity contribution in [3.8, 4) is 0 Å². The third kappa shape index (κ3) is 7.17. The highest BCUT2D eigenvalue weighted by molar-refractivity contribution is 5.92. The number of rotatable bonds is 3. The van der Waals surface area contributed by atoms with Gasteiger partial charge >= 0.3 is 12.2 Å². The zero-order valence-corrected chi connectivity index (χ0v) is 25.6. The third-order valence-corrected chi connectivity index (χ3v) is 8.81. The lowest BCUT2D eigenvalue weighted by molar-refractivity contribution is -0.140. The van der Waals surface area contributed by atoms with Gasteiger partial charge in [0.1, 0.15) is 29.6 Å². The minimum absolute atomic E-state index is 0.0143. The van der Waals surface area contributed by atoms with Crippen molar-refractivity contribution in [3.63, 3.8) is 0 Å². The maximum absolute atomic E-state index is 14.3. The largest absolute Gasteiger partial charge is 0.444 e. The number of nitrogens with one attached hydrogen (secondary N) is 2. The number of benzene rings is 1. The van der Waals surface area contributed by atoms with Gasteiger partial charge in [0.25, 0.3) is 0 Å². The fourth-order valence-corrected chi connectivity index (χ4v) is 6.34. The number of halogens is 1. The number of fused-ring (bicyclic) bond motifs is 3. The molecule has 3 heterocycles. The Morgan fingerprint density at radius 2 is 1.98 bits per heavy atom. The van der Waals surface area contributed by atoms with Crippen LogP contribution in [0.3, 0.4) is 0 Å². The van der Waals surface area contributed by atoms with Crippen molar-refractivity contribution in [2.24, 2.45) is 5.92 Å². The van der Waals surface area contributed by atoms with Gasteiger partial charge in [-0.15, -0.1) is 0 Å². The number of hydrogen-bond donors (Lipinski definition) is 3. The molecule has 0 unspecified atom stereocenters. The molecule has 2 fully saturated rings. The van der Waals surface area contributed by atoms with Gasteiger partial charge in [0.2, 0.25) is 11.8 Å². The molecule has 0 radical (unpaired) electrons. The third-order valence-electron chi connectivity index (χ3n) is 8.81. The number of hydrogen-bond acceptors (Lipinski definition) is 7. The second-order valence-electron chi connectivity index (χ2n) is 13.4. The van der Waals surface area contributed by atoms with Crippen LogP contribution in [0.2, 0.25) is 0 Å². The van der Waals surface area contributed by atoms with Crippen molar-refractivity contribution >= 4 is 24.0 Å². The van der Waals surface area contributed by atoms with Crippen LogP contribution in [0.1, 0.15) is 76.8 Å². The average Bonchev–Trinajstić information content (AvgIpc) is 3.26. The summed E-state index contributed by atoms with van der Waals surface area (Å²) in [6.07, 6.45) is 6.08. The van der Waals surface area contributed by atoms with E-state index in [1.165, 1.54) is 15.9 Å². The molecule has 12 heteroatoms. The molecule has 11 nitrogen and oxygen atoms in total. The molecule has 3 aliphatic heterocycles. The number of carbonyl (C=O) groups excluding carboxylic acids is 4. The van der Waals surface area contributed by atoms with Gasteiger partial charge in [0.15, 0.2) is 0 Å². The van der Waals surface area contributed by atoms with Gasteiger partial charge in [0, 0.05) is 24.4 Å². The van der Waals surface area contributed by atoms with E-state index in [1.807, 2.05) is 6.08 Å². The molecule has 1 saturated carbocycles. The van der Waals surface area contributed by atoms with Crippen molar-refractivity contribution in [1.29, 1.82) is 0 Å². The fraction of sp³-hybridized carbons (Fsp3) is 0.625. The van der Waals surface area contributed by atoms with E-state index >= 15 is 0 Å². The van der Waals surface area contributed by atoms with E-state index in [0.717, 1.165) is 19.3 Å². The topological polar surface area (TPSA) is 138 Å². The highest BCUT2D eigenvalue weighted by atomic mass is 19.1. The van der Waals surface area contributed by atoms with Crippen molar-refractivity contribution in [3.05, 3.63) is 47.3 Å². The monoisotopic (exact) mass is 614 g/mol. The van der Waals surface area contributed by atoms with E-state index in [-0.39, 0.29) is 44.4 Å². The lowest BCUT2D eigenvalue weighted by Crippen LogP contribution is -2.56. The summed E-state index contributed by atoms with van der Waals surface area (Å²) in [6, 6.07) is 2.76. The molecular formula is C32H43FN4O7. The first-order valence-electron chi connectivity index (χ1n) is 15.5. The maximum Gasteiger partial charge on any atom is 0.410 e. The first-order valence-corrected chi connectivity index (χ1v) is 15.5. The van der Waals surface area contributed by atoms with Gasteiger partial charge in [-0.3, -0.25) is 14.5 Å². The molecule has 0 bridgehead atoms. The highest BCUT2D eigenvalue weighted by Gasteiger charge is 2.55. The molecule has 3 N–H and O–H groups in total. The molecule has 1 aromatic carbocycles. The predicted octanol–water partition coefficient (Wildman–Crippen LogP) is 3.53. The normalized spacial score (nSPS) is 29.8. The summed E-state index contributed by atoms with van der Waals surface area (Å²) in [5, 5.41) is 15.9. The summed E-state index contributed by atoms with van der Waals surface area (Å²) in [5.74, 6) is -1.33. The van der Waals surface area contributed by atoms with E-state index < -0.39 is 53.3 Å². The molecule has 5 atom stereocenters. The van der Waals surface area contributed by atoms with Crippen molar-refractivity contribution in [1.82, 2.24) is 20.4 Å². The van der Waals surface area contributed by atoms with Crippen LogP contribution in [-0.2, 0) is 32.2 Å². The summed E-state index contributed by atoms with van der Waals surface area (Å²) in [7, 11) is 0. The van der Waals surface area contributed by atoms with Gasteiger partial charge in [0.05, 0.1) is 25.2 Å². The number of alkyl carbamates (subject to hydrolysis) is 1. The van der Waals surface area contributed by atoms with Crippen LogP contribution in [0, 0.1) is 11.7 Å². The van der Waals surface area contributed by atoms with E-state index in [2.05, 4.69) is 16.7 Å². The molecule has 0 spiro atoms. The smallest absolute Gasteiger partial charge is 0.410 e. The second-order valence-corrected chi connectivity index (χ2v) is 13.4. The van der Waals surface area contributed by atoms with Crippen LogP contribution in [0.15, 0.2) is 30.4 Å². The van der Waals surface area contributed by atoms with E-state index in [9.17, 15) is 28.7 Å². The molecule has 44 heavy (non-hydrogen) atoms. The molecule has 240 valence electrons. The summed E-state index contributed by atoms with van der Waals surface area (Å²) in [5.41, 5.74) is -0.436. The molecule has 5 rings (SSSR count). The lowest BCUT2D eigenvalue weighted by atomic mass is 10.0. The van der Waals surface area contributed by atoms with Crippen LogP contribution < -0.4 is 10.6 Å². The van der Waals surface area contributed by atoms with Crippen molar-refractivity contribution in [2.75, 3.05) is 13.2 Å². The van der Waals surface area contributed by atoms with E-state index in [0.29, 0.717) is 30.4 Å². The fourth-order valence-electron chi connectivity index (χ4n) is 6.34. The van der Waals surface area contributed by atoms with Crippen molar-refractivity contribution < 1.29 is 38.1 Å². The van der Waals surface area contributed by atoms with Gasteiger partial charge in [-0.25, -0.2) is 14.0 Å². The zero-order valence-electron chi connectivity index (χ0n) is 25.6. The van der Waals surface area contributed by atoms with E-state index in [4.69, 9.17) is 9.47 Å². The number of allylic oxidation sites excluding steroid dienone is 1. The Labute approximate surface area is 257 Å². The number of carbonyl (C=O) groups is 4. The minimum atomic E-state index is -0.991. The Hall–Kier alpha value is -3.67. The van der Waals surface area contributed by atoms with E-state index in [1.54, 1.807) is 32.9 Å². The van der Waals surface area contributed by atoms with Gasteiger partial charge in [-0.1, -0.05) is 37.1 Å². The van der Waals surface area contributed by atoms with Gasteiger partial charge in [-0.2, -0.15) is 0 Å².